The van der Waals surface area contributed by atoms with Crippen LogP contribution in [-0.2, 0) is 19.7 Å². The second-order valence-corrected chi connectivity index (χ2v) is 6.59. The topological polar surface area (TPSA) is 48.3 Å². The molecule has 3 aromatic rings. The lowest BCUT2D eigenvalue weighted by Gasteiger charge is -2.13. The van der Waals surface area contributed by atoms with Crippen LogP contribution in [-0.4, -0.2) is 23.2 Å². The minimum Gasteiger partial charge on any atom is -0.493 e. The van der Waals surface area contributed by atoms with E-state index < -0.39 is 0 Å². The first-order chi connectivity index (χ1) is 13.2. The van der Waals surface area contributed by atoms with E-state index in [1.807, 2.05) is 30.9 Å². The third-order valence-electron chi connectivity index (χ3n) is 4.40. The third kappa shape index (κ3) is 6.59. The normalized spacial score (nSPS) is 10.4. The molecule has 0 amide bonds. The molecule has 0 atom stereocenters. The van der Waals surface area contributed by atoms with Gasteiger partial charge >= 0.3 is 0 Å². The molecule has 0 saturated heterocycles. The van der Waals surface area contributed by atoms with Gasteiger partial charge in [0.1, 0.15) is 6.61 Å². The fourth-order valence-electron chi connectivity index (χ4n) is 2.82. The van der Waals surface area contributed by atoms with Crippen molar-refractivity contribution >= 4 is 12.4 Å². The van der Waals surface area contributed by atoms with Crippen LogP contribution in [0.15, 0.2) is 61.2 Å². The van der Waals surface area contributed by atoms with Gasteiger partial charge in [-0.3, -0.25) is 0 Å². The average molecular weight is 402 g/mol. The number of nitrogens with one attached hydrogen (secondary N) is 1. The number of imidazole rings is 1. The Morgan fingerprint density at radius 3 is 2.54 bits per heavy atom. The first-order valence-corrected chi connectivity index (χ1v) is 9.26. The molecule has 1 heterocycles. The SMILES string of the molecule is COc1cc(CNCCCn2ccnc2)ccc1OCc1ccc(C)cc1.Cl. The molecule has 0 aliphatic carbocycles. The summed E-state index contributed by atoms with van der Waals surface area (Å²) >= 11 is 0. The molecule has 0 radical (unpaired) electrons. The summed E-state index contributed by atoms with van der Waals surface area (Å²) in [5, 5.41) is 3.47. The lowest BCUT2D eigenvalue weighted by atomic mass is 10.1. The lowest BCUT2D eigenvalue weighted by molar-refractivity contribution is 0.284. The molecule has 5 nitrogen and oxygen atoms in total. The standard InChI is InChI=1S/C22H27N3O2.ClH/c1-18-4-6-19(7-5-18)16-27-21-9-8-20(14-22(21)26-2)15-23-10-3-12-25-13-11-24-17-25;/h4-9,11,13-14,17,23H,3,10,12,15-16H2,1-2H3;1H. The van der Waals surface area contributed by atoms with Crippen molar-refractivity contribution in [3.8, 4) is 11.5 Å². The Morgan fingerprint density at radius 1 is 1.04 bits per heavy atom. The van der Waals surface area contributed by atoms with Crippen molar-refractivity contribution < 1.29 is 9.47 Å². The number of ether oxygens (including phenoxy) is 2. The van der Waals surface area contributed by atoms with Crippen LogP contribution in [0, 0.1) is 6.92 Å². The summed E-state index contributed by atoms with van der Waals surface area (Å²) in [7, 11) is 1.68. The van der Waals surface area contributed by atoms with E-state index in [-0.39, 0.29) is 12.4 Å². The Bertz CT molecular complexity index is 820. The van der Waals surface area contributed by atoms with Gasteiger partial charge in [-0.25, -0.2) is 4.98 Å². The van der Waals surface area contributed by atoms with E-state index in [2.05, 4.69) is 52.1 Å². The van der Waals surface area contributed by atoms with Gasteiger partial charge in [0.05, 0.1) is 13.4 Å². The maximum absolute atomic E-state index is 5.94. The fraction of sp³-hybridized carbons (Fsp3) is 0.318. The van der Waals surface area contributed by atoms with Gasteiger partial charge in [0, 0.05) is 25.5 Å². The summed E-state index contributed by atoms with van der Waals surface area (Å²) < 4.78 is 13.5. The molecule has 2 aromatic carbocycles. The summed E-state index contributed by atoms with van der Waals surface area (Å²) in [5.41, 5.74) is 3.57. The van der Waals surface area contributed by atoms with E-state index in [1.54, 1.807) is 7.11 Å². The number of hydrogen-bond donors (Lipinski definition) is 1. The number of hydrogen-bond acceptors (Lipinski definition) is 4. The number of aryl methyl sites for hydroxylation is 2. The highest BCUT2D eigenvalue weighted by Gasteiger charge is 2.06. The molecule has 0 aliphatic rings. The van der Waals surface area contributed by atoms with Crippen LogP contribution in [0.25, 0.3) is 0 Å². The van der Waals surface area contributed by atoms with E-state index in [0.29, 0.717) is 6.61 Å². The molecular formula is C22H28ClN3O2. The van der Waals surface area contributed by atoms with Gasteiger partial charge in [0.2, 0.25) is 0 Å². The molecule has 1 aromatic heterocycles. The molecule has 0 bridgehead atoms. The monoisotopic (exact) mass is 401 g/mol. The second-order valence-electron chi connectivity index (χ2n) is 6.59. The number of rotatable bonds is 10. The zero-order valence-corrected chi connectivity index (χ0v) is 17.2. The number of aromatic nitrogens is 2. The van der Waals surface area contributed by atoms with Crippen LogP contribution in [0.3, 0.4) is 0 Å². The smallest absolute Gasteiger partial charge is 0.161 e. The van der Waals surface area contributed by atoms with Crippen LogP contribution < -0.4 is 14.8 Å². The van der Waals surface area contributed by atoms with Crippen LogP contribution in [0.5, 0.6) is 11.5 Å². The van der Waals surface area contributed by atoms with E-state index in [4.69, 9.17) is 9.47 Å². The predicted octanol–water partition coefficient (Wildman–Crippen LogP) is 4.38. The molecule has 0 spiro atoms. The van der Waals surface area contributed by atoms with Gasteiger partial charge in [0.15, 0.2) is 11.5 Å². The van der Waals surface area contributed by atoms with Crippen molar-refractivity contribution in [3.05, 3.63) is 77.9 Å². The molecule has 3 rings (SSSR count). The largest absolute Gasteiger partial charge is 0.493 e. The van der Waals surface area contributed by atoms with E-state index in [0.717, 1.165) is 43.1 Å². The van der Waals surface area contributed by atoms with Crippen LogP contribution in [0.4, 0.5) is 0 Å². The number of halogens is 1. The van der Waals surface area contributed by atoms with Crippen molar-refractivity contribution in [1.29, 1.82) is 0 Å². The summed E-state index contributed by atoms with van der Waals surface area (Å²) in [5.74, 6) is 1.53. The Hall–Kier alpha value is -2.50. The second kappa shape index (κ2) is 11.4. The number of benzene rings is 2. The quantitative estimate of drug-likeness (QED) is 0.512. The van der Waals surface area contributed by atoms with E-state index >= 15 is 0 Å². The number of nitrogens with zero attached hydrogens (tertiary/aromatic N) is 2. The van der Waals surface area contributed by atoms with Gasteiger partial charge in [-0.2, -0.15) is 0 Å². The van der Waals surface area contributed by atoms with Crippen molar-refractivity contribution in [2.45, 2.75) is 33.0 Å². The van der Waals surface area contributed by atoms with Crippen molar-refractivity contribution in [3.63, 3.8) is 0 Å². The number of methoxy groups -OCH3 is 1. The van der Waals surface area contributed by atoms with Crippen molar-refractivity contribution in [1.82, 2.24) is 14.9 Å². The van der Waals surface area contributed by atoms with Gasteiger partial charge in [-0.05, 0) is 43.1 Å². The minimum absolute atomic E-state index is 0. The fourth-order valence-corrected chi connectivity index (χ4v) is 2.82. The summed E-state index contributed by atoms with van der Waals surface area (Å²) in [6.07, 6.45) is 6.70. The zero-order valence-electron chi connectivity index (χ0n) is 16.4. The van der Waals surface area contributed by atoms with Gasteiger partial charge in [-0.1, -0.05) is 35.9 Å². The highest BCUT2D eigenvalue weighted by Crippen LogP contribution is 2.28. The van der Waals surface area contributed by atoms with E-state index in [1.165, 1.54) is 11.1 Å². The third-order valence-corrected chi connectivity index (χ3v) is 4.40. The lowest BCUT2D eigenvalue weighted by Crippen LogP contribution is -2.16. The highest BCUT2D eigenvalue weighted by atomic mass is 35.5. The van der Waals surface area contributed by atoms with Crippen molar-refractivity contribution in [2.75, 3.05) is 13.7 Å². The summed E-state index contributed by atoms with van der Waals surface area (Å²) in [6.45, 7) is 5.34. The minimum atomic E-state index is 0. The predicted molar refractivity (Wildman–Crippen MR) is 114 cm³/mol. The molecule has 0 aliphatic heterocycles. The maximum atomic E-state index is 5.94. The van der Waals surface area contributed by atoms with Crippen molar-refractivity contribution in [2.24, 2.45) is 0 Å². The molecule has 1 N–H and O–H groups in total. The Morgan fingerprint density at radius 2 is 1.82 bits per heavy atom. The molecule has 6 heteroatoms. The Labute approximate surface area is 173 Å². The summed E-state index contributed by atoms with van der Waals surface area (Å²) in [6, 6.07) is 14.5. The molecule has 0 saturated carbocycles. The maximum Gasteiger partial charge on any atom is 0.161 e. The van der Waals surface area contributed by atoms with Crippen LogP contribution >= 0.6 is 12.4 Å². The average Bonchev–Trinajstić information content (AvgIpc) is 3.21. The van der Waals surface area contributed by atoms with Crippen LogP contribution in [0.1, 0.15) is 23.1 Å². The molecule has 28 heavy (non-hydrogen) atoms. The molecule has 150 valence electrons. The zero-order chi connectivity index (χ0) is 18.9. The van der Waals surface area contributed by atoms with Gasteiger partial charge in [-0.15, -0.1) is 12.4 Å². The highest BCUT2D eigenvalue weighted by molar-refractivity contribution is 5.85. The first-order valence-electron chi connectivity index (χ1n) is 9.26. The van der Waals surface area contributed by atoms with Gasteiger partial charge in [0.25, 0.3) is 0 Å². The first kappa shape index (κ1) is 21.8. The van der Waals surface area contributed by atoms with E-state index in [9.17, 15) is 0 Å². The Balaban J connectivity index is 0.00000280. The van der Waals surface area contributed by atoms with Gasteiger partial charge < -0.3 is 19.4 Å². The molecular weight excluding hydrogens is 374 g/mol. The molecule has 0 unspecified atom stereocenters. The Kier molecular flexibility index (Phi) is 8.85. The molecule has 0 fully saturated rings. The van der Waals surface area contributed by atoms with Crippen LogP contribution in [0.2, 0.25) is 0 Å². The summed E-state index contributed by atoms with van der Waals surface area (Å²) in [4.78, 5) is 4.05.